The number of sulfonamides is 1. The number of carbonyl (C=O) groups excluding carboxylic acids is 2. The molecule has 0 aliphatic heterocycles. The third-order valence-corrected chi connectivity index (χ3v) is 4.84. The summed E-state index contributed by atoms with van der Waals surface area (Å²) in [7, 11) is -2.42. The molecule has 0 spiro atoms. The zero-order valence-corrected chi connectivity index (χ0v) is 15.9. The second-order valence-electron chi connectivity index (χ2n) is 5.83. The molecule has 0 atom stereocenters. The fourth-order valence-electron chi connectivity index (χ4n) is 2.47. The molecule has 1 N–H and O–H groups in total. The van der Waals surface area contributed by atoms with E-state index in [1.54, 1.807) is 31.2 Å². The normalized spacial score (nSPS) is 10.9. The minimum atomic E-state index is -3.82. The van der Waals surface area contributed by atoms with Gasteiger partial charge in [-0.15, -0.1) is 0 Å². The van der Waals surface area contributed by atoms with Crippen molar-refractivity contribution in [1.82, 2.24) is 0 Å². The van der Waals surface area contributed by atoms with Gasteiger partial charge in [-0.3, -0.25) is 9.10 Å². The number of aromatic carboxylic acids is 1. The van der Waals surface area contributed by atoms with Crippen molar-refractivity contribution in [3.05, 3.63) is 53.6 Å². The Morgan fingerprint density at radius 1 is 1.19 bits per heavy atom. The fourth-order valence-corrected chi connectivity index (χ4v) is 3.32. The number of methoxy groups -OCH3 is 1. The van der Waals surface area contributed by atoms with Crippen molar-refractivity contribution >= 4 is 33.3 Å². The van der Waals surface area contributed by atoms with Gasteiger partial charge in [0.15, 0.2) is 0 Å². The van der Waals surface area contributed by atoms with Crippen LogP contribution in [-0.2, 0) is 14.8 Å². The molecule has 0 saturated carbocycles. The van der Waals surface area contributed by atoms with E-state index in [0.29, 0.717) is 0 Å². The van der Waals surface area contributed by atoms with Crippen LogP contribution in [0.2, 0.25) is 0 Å². The zero-order chi connectivity index (χ0) is 20.2. The van der Waals surface area contributed by atoms with E-state index in [1.165, 1.54) is 25.3 Å². The zero-order valence-electron chi connectivity index (χ0n) is 15.1. The number of anilines is 2. The molecule has 0 fully saturated rings. The highest BCUT2D eigenvalue weighted by Crippen LogP contribution is 2.31. The summed E-state index contributed by atoms with van der Waals surface area (Å²) in [5.41, 5.74) is 0.808. The molecule has 0 radical (unpaired) electrons. The summed E-state index contributed by atoms with van der Waals surface area (Å²) in [4.78, 5) is 23.6. The second kappa shape index (κ2) is 8.09. The van der Waals surface area contributed by atoms with Crippen LogP contribution >= 0.6 is 0 Å². The van der Waals surface area contributed by atoms with Crippen LogP contribution in [0, 0.1) is 6.92 Å². The Labute approximate surface area is 157 Å². The maximum absolute atomic E-state index is 12.4. The van der Waals surface area contributed by atoms with Gasteiger partial charge in [0.05, 0.1) is 25.0 Å². The van der Waals surface area contributed by atoms with E-state index in [9.17, 15) is 23.1 Å². The summed E-state index contributed by atoms with van der Waals surface area (Å²) in [6.07, 6.45) is 0.969. The Hall–Kier alpha value is -3.07. The molecule has 144 valence electrons. The Bertz CT molecular complexity index is 972. The van der Waals surface area contributed by atoms with E-state index in [2.05, 4.69) is 5.32 Å². The van der Waals surface area contributed by atoms with E-state index in [0.717, 1.165) is 16.1 Å². The number of hydrogen-bond acceptors (Lipinski definition) is 6. The molecule has 2 aromatic carbocycles. The monoisotopic (exact) mass is 391 g/mol. The summed E-state index contributed by atoms with van der Waals surface area (Å²) >= 11 is 0. The lowest BCUT2D eigenvalue weighted by molar-refractivity contribution is -0.254. The van der Waals surface area contributed by atoms with Gasteiger partial charge in [-0.25, -0.2) is 8.42 Å². The molecule has 0 unspecified atom stereocenters. The van der Waals surface area contributed by atoms with Crippen LogP contribution in [0.3, 0.4) is 0 Å². The Kier molecular flexibility index (Phi) is 6.06. The molecule has 0 aliphatic rings. The van der Waals surface area contributed by atoms with Crippen molar-refractivity contribution in [1.29, 1.82) is 0 Å². The third kappa shape index (κ3) is 4.98. The summed E-state index contributed by atoms with van der Waals surface area (Å²) in [6.45, 7) is 1.22. The number of carbonyl (C=O) groups is 2. The van der Waals surface area contributed by atoms with E-state index in [-0.39, 0.29) is 22.7 Å². The minimum absolute atomic E-state index is 0.0205. The molecule has 2 rings (SSSR count). The van der Waals surface area contributed by atoms with E-state index in [4.69, 9.17) is 4.74 Å². The number of amides is 1. The highest BCUT2D eigenvalue weighted by molar-refractivity contribution is 7.92. The van der Waals surface area contributed by atoms with Crippen molar-refractivity contribution in [2.75, 3.05) is 29.5 Å². The number of nitrogens with zero attached hydrogens (tertiary/aromatic N) is 1. The quantitative estimate of drug-likeness (QED) is 0.745. The van der Waals surface area contributed by atoms with Gasteiger partial charge in [0.1, 0.15) is 12.3 Å². The van der Waals surface area contributed by atoms with Gasteiger partial charge in [-0.2, -0.15) is 0 Å². The first kappa shape index (κ1) is 20.2. The largest absolute Gasteiger partial charge is 0.545 e. The number of rotatable bonds is 7. The predicted octanol–water partition coefficient (Wildman–Crippen LogP) is 0.772. The SMILES string of the molecule is COc1ccc(C)cc1N(CC(=O)Nc1ccccc1C(=O)[O-])S(C)(=O)=O. The number of benzene rings is 2. The molecule has 8 nitrogen and oxygen atoms in total. The standard InChI is InChI=1S/C18H20N2O6S/c1-12-8-9-16(26-2)15(10-12)20(27(3,24)25)11-17(21)19-14-7-5-4-6-13(14)18(22)23/h4-10H,11H2,1-3H3,(H,19,21)(H,22,23)/p-1. The van der Waals surface area contributed by atoms with Crippen LogP contribution in [0.5, 0.6) is 5.75 Å². The second-order valence-corrected chi connectivity index (χ2v) is 7.73. The van der Waals surface area contributed by atoms with Gasteiger partial charge < -0.3 is 20.0 Å². The van der Waals surface area contributed by atoms with E-state index in [1.807, 2.05) is 0 Å². The molecule has 0 bridgehead atoms. The lowest BCUT2D eigenvalue weighted by atomic mass is 10.2. The molecular formula is C18H19N2O6S-. The molecular weight excluding hydrogens is 372 g/mol. The Balaban J connectivity index is 2.35. The summed E-state index contributed by atoms with van der Waals surface area (Å²) in [5, 5.41) is 13.6. The molecule has 1 amide bonds. The Morgan fingerprint density at radius 2 is 1.85 bits per heavy atom. The van der Waals surface area contributed by atoms with Crippen molar-refractivity contribution in [2.45, 2.75) is 6.92 Å². The van der Waals surface area contributed by atoms with Crippen LogP contribution < -0.4 is 19.5 Å². The maximum atomic E-state index is 12.4. The highest BCUT2D eigenvalue weighted by Gasteiger charge is 2.24. The smallest absolute Gasteiger partial charge is 0.245 e. The maximum Gasteiger partial charge on any atom is 0.245 e. The molecule has 0 saturated heterocycles. The van der Waals surface area contributed by atoms with Crippen LogP contribution in [0.4, 0.5) is 11.4 Å². The lowest BCUT2D eigenvalue weighted by Gasteiger charge is -2.24. The van der Waals surface area contributed by atoms with Gasteiger partial charge in [0.2, 0.25) is 15.9 Å². The average molecular weight is 391 g/mol. The summed E-state index contributed by atoms with van der Waals surface area (Å²) in [5.74, 6) is -1.88. The van der Waals surface area contributed by atoms with Gasteiger partial charge in [0.25, 0.3) is 0 Å². The van der Waals surface area contributed by atoms with Crippen molar-refractivity contribution < 1.29 is 27.9 Å². The van der Waals surface area contributed by atoms with Crippen molar-refractivity contribution in [3.63, 3.8) is 0 Å². The van der Waals surface area contributed by atoms with Crippen molar-refractivity contribution in [2.24, 2.45) is 0 Å². The highest BCUT2D eigenvalue weighted by atomic mass is 32.2. The van der Waals surface area contributed by atoms with Crippen LogP contribution in [0.15, 0.2) is 42.5 Å². The number of aryl methyl sites for hydroxylation is 1. The number of nitrogens with one attached hydrogen (secondary N) is 1. The number of carboxylic acids is 1. The topological polar surface area (TPSA) is 116 Å². The third-order valence-electron chi connectivity index (χ3n) is 3.71. The van der Waals surface area contributed by atoms with E-state index >= 15 is 0 Å². The molecule has 0 aliphatic carbocycles. The summed E-state index contributed by atoms with van der Waals surface area (Å²) in [6, 6.07) is 10.6. The Morgan fingerprint density at radius 3 is 2.44 bits per heavy atom. The number of carboxylic acid groups (broad SMARTS) is 1. The van der Waals surface area contributed by atoms with Gasteiger partial charge >= 0.3 is 0 Å². The summed E-state index contributed by atoms with van der Waals surface area (Å²) < 4.78 is 30.6. The number of ether oxygens (including phenoxy) is 1. The lowest BCUT2D eigenvalue weighted by Crippen LogP contribution is -2.38. The van der Waals surface area contributed by atoms with Gasteiger partial charge in [0, 0.05) is 11.3 Å². The van der Waals surface area contributed by atoms with Crippen LogP contribution in [-0.4, -0.2) is 40.2 Å². The fraction of sp³-hybridized carbons (Fsp3) is 0.222. The predicted molar refractivity (Wildman–Crippen MR) is 99.3 cm³/mol. The molecule has 0 heterocycles. The van der Waals surface area contributed by atoms with Gasteiger partial charge in [-0.05, 0) is 30.7 Å². The first-order valence-electron chi connectivity index (χ1n) is 7.86. The van der Waals surface area contributed by atoms with Crippen LogP contribution in [0.25, 0.3) is 0 Å². The first-order valence-corrected chi connectivity index (χ1v) is 9.71. The van der Waals surface area contributed by atoms with Crippen molar-refractivity contribution in [3.8, 4) is 5.75 Å². The molecule has 27 heavy (non-hydrogen) atoms. The molecule has 9 heteroatoms. The van der Waals surface area contributed by atoms with E-state index < -0.39 is 28.4 Å². The molecule has 2 aromatic rings. The average Bonchev–Trinajstić information content (AvgIpc) is 2.59. The minimum Gasteiger partial charge on any atom is -0.545 e. The van der Waals surface area contributed by atoms with Crippen LogP contribution in [0.1, 0.15) is 15.9 Å². The van der Waals surface area contributed by atoms with Gasteiger partial charge in [-0.1, -0.05) is 24.3 Å². The number of para-hydroxylation sites is 1. The number of hydrogen-bond donors (Lipinski definition) is 1. The molecule has 0 aromatic heterocycles. The first-order chi connectivity index (χ1) is 12.6.